The van der Waals surface area contributed by atoms with Gasteiger partial charge in [0.1, 0.15) is 16.8 Å². The average Bonchev–Trinajstić information content (AvgIpc) is 3.24. The molecular formula is C25H17Cl3F4N2O3S. The van der Waals surface area contributed by atoms with Crippen LogP contribution in [0.15, 0.2) is 59.8 Å². The van der Waals surface area contributed by atoms with Crippen LogP contribution in [-0.2, 0) is 27.2 Å². The highest BCUT2D eigenvalue weighted by molar-refractivity contribution is 7.82. The standard InChI is InChI=1S/C25H17Cl3F4N2O3S/c1-13-4-15(2-3-21(13)23(35)34-38(36)12-14-5-17(26)10-20(29)6-14)22-11-24(37-33-22,25(30,31)32)16-7-18(27)9-19(28)8-16/h2-10H,11-12H2,1H3,(H,34,35). The lowest BCUT2D eigenvalue weighted by molar-refractivity contribution is -0.275. The monoisotopic (exact) mass is 606 g/mol. The Bertz CT molecular complexity index is 1440. The molecule has 1 amide bonds. The number of hydrogen-bond acceptors (Lipinski definition) is 4. The van der Waals surface area contributed by atoms with Gasteiger partial charge >= 0.3 is 6.18 Å². The van der Waals surface area contributed by atoms with Crippen molar-refractivity contribution in [3.63, 3.8) is 0 Å². The van der Waals surface area contributed by atoms with Gasteiger partial charge in [0.25, 0.3) is 11.5 Å². The van der Waals surface area contributed by atoms with E-state index >= 15 is 0 Å². The first kappa shape index (κ1) is 28.4. The molecule has 5 nitrogen and oxygen atoms in total. The Balaban J connectivity index is 1.52. The van der Waals surface area contributed by atoms with Crippen molar-refractivity contribution in [2.75, 3.05) is 0 Å². The van der Waals surface area contributed by atoms with Gasteiger partial charge in [-0.25, -0.2) is 8.60 Å². The minimum atomic E-state index is -4.85. The Kier molecular flexibility index (Phi) is 8.09. The van der Waals surface area contributed by atoms with Crippen molar-refractivity contribution in [2.24, 2.45) is 5.16 Å². The summed E-state index contributed by atoms with van der Waals surface area (Å²) in [6, 6.07) is 11.5. The fraction of sp³-hybridized carbons (Fsp3) is 0.200. The van der Waals surface area contributed by atoms with Crippen LogP contribution in [0.2, 0.25) is 15.1 Å². The quantitative estimate of drug-likeness (QED) is 0.300. The summed E-state index contributed by atoms with van der Waals surface area (Å²) in [5.74, 6) is -1.46. The van der Waals surface area contributed by atoms with Crippen molar-refractivity contribution in [2.45, 2.75) is 30.9 Å². The van der Waals surface area contributed by atoms with Gasteiger partial charge < -0.3 is 4.84 Å². The summed E-state index contributed by atoms with van der Waals surface area (Å²) in [4.78, 5) is 17.7. The molecule has 0 saturated carbocycles. The molecule has 1 aliphatic rings. The van der Waals surface area contributed by atoms with Crippen LogP contribution in [0.5, 0.6) is 0 Å². The van der Waals surface area contributed by atoms with Gasteiger partial charge in [0, 0.05) is 32.6 Å². The Labute approximate surface area is 232 Å². The molecule has 38 heavy (non-hydrogen) atoms. The molecule has 0 spiro atoms. The number of oxime groups is 1. The maximum absolute atomic E-state index is 14.2. The van der Waals surface area contributed by atoms with Crippen LogP contribution < -0.4 is 4.72 Å². The van der Waals surface area contributed by atoms with Crippen LogP contribution in [-0.4, -0.2) is 22.0 Å². The van der Waals surface area contributed by atoms with Gasteiger partial charge in [-0.15, -0.1) is 0 Å². The molecule has 4 rings (SSSR count). The van der Waals surface area contributed by atoms with Gasteiger partial charge in [0.2, 0.25) is 0 Å². The normalized spacial score (nSPS) is 18.1. The highest BCUT2D eigenvalue weighted by atomic mass is 35.5. The molecule has 13 heteroatoms. The average molecular weight is 608 g/mol. The SMILES string of the molecule is Cc1cc(C2=NOC(c3cc(Cl)cc(Cl)c3)(C(F)(F)F)C2)ccc1C(=O)NS(=O)Cc1cc(F)cc(Cl)c1. The van der Waals surface area contributed by atoms with Gasteiger partial charge in [-0.3, -0.25) is 9.52 Å². The summed E-state index contributed by atoms with van der Waals surface area (Å²) >= 11 is 17.7. The second-order valence-corrected chi connectivity index (χ2v) is 11.0. The maximum atomic E-state index is 14.2. The molecule has 2 atom stereocenters. The van der Waals surface area contributed by atoms with E-state index in [4.69, 9.17) is 39.6 Å². The third kappa shape index (κ3) is 5.98. The second-order valence-electron chi connectivity index (χ2n) is 8.52. The van der Waals surface area contributed by atoms with E-state index in [1.165, 1.54) is 30.3 Å². The summed E-state index contributed by atoms with van der Waals surface area (Å²) in [5, 5.41) is 3.86. The second kappa shape index (κ2) is 10.8. The third-order valence-electron chi connectivity index (χ3n) is 5.75. The number of carbonyl (C=O) groups is 1. The Morgan fingerprint density at radius 1 is 1.05 bits per heavy atom. The van der Waals surface area contributed by atoms with E-state index in [1.54, 1.807) is 6.92 Å². The summed E-state index contributed by atoms with van der Waals surface area (Å²) < 4.78 is 70.9. The summed E-state index contributed by atoms with van der Waals surface area (Å²) in [5.41, 5.74) is -1.93. The van der Waals surface area contributed by atoms with Gasteiger partial charge in [-0.2, -0.15) is 13.2 Å². The van der Waals surface area contributed by atoms with E-state index in [0.717, 1.165) is 24.3 Å². The number of amides is 1. The molecule has 1 N–H and O–H groups in total. The highest BCUT2D eigenvalue weighted by Crippen LogP contribution is 2.49. The number of carbonyl (C=O) groups excluding carboxylic acids is 1. The van der Waals surface area contributed by atoms with Crippen LogP contribution >= 0.6 is 34.8 Å². The minimum Gasteiger partial charge on any atom is -0.374 e. The lowest BCUT2D eigenvalue weighted by Gasteiger charge is -2.29. The molecule has 0 bridgehead atoms. The summed E-state index contributed by atoms with van der Waals surface area (Å²) in [6.07, 6.45) is -5.50. The number of nitrogens with zero attached hydrogens (tertiary/aromatic N) is 1. The van der Waals surface area contributed by atoms with E-state index in [2.05, 4.69) is 9.88 Å². The van der Waals surface area contributed by atoms with E-state index in [-0.39, 0.29) is 37.7 Å². The fourth-order valence-corrected chi connectivity index (χ4v) is 5.61. The zero-order valence-electron chi connectivity index (χ0n) is 19.3. The number of aryl methyl sites for hydroxylation is 1. The fourth-order valence-electron chi connectivity index (χ4n) is 3.98. The van der Waals surface area contributed by atoms with E-state index in [9.17, 15) is 26.6 Å². The van der Waals surface area contributed by atoms with Crippen molar-refractivity contribution < 1.29 is 31.4 Å². The Hall–Kier alpha value is -2.66. The number of nitrogens with one attached hydrogen (secondary N) is 1. The first-order valence-electron chi connectivity index (χ1n) is 10.8. The number of rotatable bonds is 6. The maximum Gasteiger partial charge on any atom is 0.435 e. The molecule has 0 radical (unpaired) electrons. The Morgan fingerprint density at radius 3 is 2.32 bits per heavy atom. The van der Waals surface area contributed by atoms with Crippen LogP contribution in [0.25, 0.3) is 0 Å². The number of alkyl halides is 3. The summed E-state index contributed by atoms with van der Waals surface area (Å²) in [7, 11) is -1.89. The van der Waals surface area contributed by atoms with Crippen molar-refractivity contribution in [3.05, 3.63) is 103 Å². The number of benzene rings is 3. The van der Waals surface area contributed by atoms with E-state index in [0.29, 0.717) is 16.7 Å². The molecule has 2 unspecified atom stereocenters. The zero-order chi connectivity index (χ0) is 27.8. The molecule has 3 aromatic carbocycles. The number of halogens is 7. The minimum absolute atomic E-state index is 0.0000374. The molecule has 1 heterocycles. The molecule has 3 aromatic rings. The smallest absolute Gasteiger partial charge is 0.374 e. The van der Waals surface area contributed by atoms with E-state index in [1.807, 2.05) is 0 Å². The molecule has 200 valence electrons. The van der Waals surface area contributed by atoms with Crippen molar-refractivity contribution >= 4 is 57.4 Å². The van der Waals surface area contributed by atoms with Crippen molar-refractivity contribution in [1.29, 1.82) is 0 Å². The number of hydrogen-bond donors (Lipinski definition) is 1. The van der Waals surface area contributed by atoms with Gasteiger partial charge in [0.15, 0.2) is 0 Å². The molecule has 0 aromatic heterocycles. The molecular weight excluding hydrogens is 591 g/mol. The van der Waals surface area contributed by atoms with Crippen molar-refractivity contribution in [1.82, 2.24) is 4.72 Å². The predicted octanol–water partition coefficient (Wildman–Crippen LogP) is 7.27. The molecule has 0 fully saturated rings. The van der Waals surface area contributed by atoms with E-state index < -0.39 is 40.9 Å². The lowest BCUT2D eigenvalue weighted by Crippen LogP contribution is -2.42. The van der Waals surface area contributed by atoms with Crippen LogP contribution in [0.1, 0.15) is 39.0 Å². The topological polar surface area (TPSA) is 67.8 Å². The molecule has 0 saturated heterocycles. The molecule has 1 aliphatic heterocycles. The first-order valence-corrected chi connectivity index (χ1v) is 13.3. The predicted molar refractivity (Wildman–Crippen MR) is 138 cm³/mol. The van der Waals surface area contributed by atoms with Crippen LogP contribution in [0.4, 0.5) is 17.6 Å². The first-order chi connectivity index (χ1) is 17.8. The van der Waals surface area contributed by atoms with Crippen LogP contribution in [0, 0.1) is 12.7 Å². The highest BCUT2D eigenvalue weighted by Gasteiger charge is 2.62. The zero-order valence-corrected chi connectivity index (χ0v) is 22.4. The Morgan fingerprint density at radius 2 is 1.71 bits per heavy atom. The van der Waals surface area contributed by atoms with Gasteiger partial charge in [0.05, 0.1) is 11.5 Å². The molecule has 0 aliphatic carbocycles. The third-order valence-corrected chi connectivity index (χ3v) is 7.41. The largest absolute Gasteiger partial charge is 0.435 e. The summed E-state index contributed by atoms with van der Waals surface area (Å²) in [6.45, 7) is 1.57. The van der Waals surface area contributed by atoms with Gasteiger partial charge in [-0.1, -0.05) is 46.0 Å². The lowest BCUT2D eigenvalue weighted by atomic mass is 9.86. The van der Waals surface area contributed by atoms with Crippen molar-refractivity contribution in [3.8, 4) is 0 Å². The van der Waals surface area contributed by atoms with Crippen LogP contribution in [0.3, 0.4) is 0 Å². The van der Waals surface area contributed by atoms with Gasteiger partial charge in [-0.05, 0) is 72.1 Å².